The van der Waals surface area contributed by atoms with Gasteiger partial charge < -0.3 is 15.4 Å². The van der Waals surface area contributed by atoms with Gasteiger partial charge in [-0.05, 0) is 30.9 Å². The Balaban J connectivity index is 1.43. The second kappa shape index (κ2) is 6.50. The van der Waals surface area contributed by atoms with E-state index in [4.69, 9.17) is 11.6 Å². The van der Waals surface area contributed by atoms with Gasteiger partial charge >= 0.3 is 0 Å². The summed E-state index contributed by atoms with van der Waals surface area (Å²) in [5, 5.41) is 18.8. The van der Waals surface area contributed by atoms with Gasteiger partial charge in [0, 0.05) is 30.5 Å². The van der Waals surface area contributed by atoms with Crippen LogP contribution in [-0.2, 0) is 6.54 Å². The van der Waals surface area contributed by atoms with Crippen LogP contribution in [0, 0.1) is 5.92 Å². The third kappa shape index (κ3) is 3.25. The molecule has 1 amide bonds. The van der Waals surface area contributed by atoms with E-state index in [-0.39, 0.29) is 17.9 Å². The normalized spacial score (nSPS) is 23.2. The lowest BCUT2D eigenvalue weighted by Crippen LogP contribution is -2.39. The molecule has 3 aromatic rings. The molecule has 0 bridgehead atoms. The van der Waals surface area contributed by atoms with E-state index in [2.05, 4.69) is 20.4 Å². The molecule has 1 saturated carbocycles. The number of carbonyl (C=O) groups is 1. The number of aromatic amines is 1. The van der Waals surface area contributed by atoms with Crippen molar-refractivity contribution in [1.29, 1.82) is 0 Å². The first-order valence-electron chi connectivity index (χ1n) is 8.19. The second-order valence-electron chi connectivity index (χ2n) is 6.47. The lowest BCUT2D eigenvalue weighted by atomic mass is 10.1. The summed E-state index contributed by atoms with van der Waals surface area (Å²) in [6, 6.07) is 3.37. The molecule has 25 heavy (non-hydrogen) atoms. The summed E-state index contributed by atoms with van der Waals surface area (Å²) >= 11 is 5.88. The molecule has 0 aliphatic heterocycles. The third-order valence-corrected chi connectivity index (χ3v) is 4.88. The smallest absolute Gasteiger partial charge is 0.253 e. The molecule has 0 spiro atoms. The molecule has 3 aromatic heterocycles. The number of rotatable bonds is 4. The predicted octanol–water partition coefficient (Wildman–Crippen LogP) is 1.98. The maximum Gasteiger partial charge on any atom is 0.253 e. The predicted molar refractivity (Wildman–Crippen MR) is 93.3 cm³/mol. The van der Waals surface area contributed by atoms with Crippen LogP contribution in [0.2, 0.25) is 5.02 Å². The maximum atomic E-state index is 12.6. The lowest BCUT2D eigenvalue weighted by Gasteiger charge is -2.16. The molecule has 8 heteroatoms. The number of carbonyl (C=O) groups excluding carboxylic acids is 1. The van der Waals surface area contributed by atoms with Gasteiger partial charge in [0.1, 0.15) is 5.65 Å². The number of aliphatic hydroxyl groups is 1. The lowest BCUT2D eigenvalue weighted by molar-refractivity contribution is 0.0874. The topological polar surface area (TPSA) is 95.8 Å². The van der Waals surface area contributed by atoms with Crippen LogP contribution in [0.5, 0.6) is 0 Å². The van der Waals surface area contributed by atoms with E-state index < -0.39 is 6.10 Å². The van der Waals surface area contributed by atoms with Crippen molar-refractivity contribution < 1.29 is 9.90 Å². The number of amides is 1. The van der Waals surface area contributed by atoms with Gasteiger partial charge in [0.15, 0.2) is 0 Å². The van der Waals surface area contributed by atoms with E-state index in [0.29, 0.717) is 35.6 Å². The van der Waals surface area contributed by atoms with Crippen LogP contribution < -0.4 is 5.32 Å². The van der Waals surface area contributed by atoms with Crippen molar-refractivity contribution in [3.63, 3.8) is 0 Å². The van der Waals surface area contributed by atoms with Crippen molar-refractivity contribution in [2.45, 2.75) is 31.5 Å². The molecule has 1 fully saturated rings. The summed E-state index contributed by atoms with van der Waals surface area (Å²) in [6.45, 7) is 0.674. The van der Waals surface area contributed by atoms with Gasteiger partial charge in [-0.25, -0.2) is 4.98 Å². The van der Waals surface area contributed by atoms with Crippen molar-refractivity contribution in [3.8, 4) is 0 Å². The van der Waals surface area contributed by atoms with Crippen LogP contribution in [0.4, 0.5) is 0 Å². The van der Waals surface area contributed by atoms with Gasteiger partial charge in [-0.3, -0.25) is 9.48 Å². The van der Waals surface area contributed by atoms with Gasteiger partial charge in [-0.15, -0.1) is 0 Å². The molecule has 130 valence electrons. The summed E-state index contributed by atoms with van der Waals surface area (Å²) in [6.07, 6.45) is 7.44. The van der Waals surface area contributed by atoms with E-state index in [1.165, 1.54) is 0 Å². The van der Waals surface area contributed by atoms with Crippen molar-refractivity contribution in [2.75, 3.05) is 0 Å². The Labute approximate surface area is 149 Å². The monoisotopic (exact) mass is 359 g/mol. The van der Waals surface area contributed by atoms with E-state index in [1.807, 2.05) is 6.07 Å². The Morgan fingerprint density at radius 2 is 2.36 bits per heavy atom. The second-order valence-corrected chi connectivity index (χ2v) is 6.90. The van der Waals surface area contributed by atoms with Gasteiger partial charge in [-0.1, -0.05) is 11.6 Å². The highest BCUT2D eigenvalue weighted by molar-refractivity contribution is 6.30. The zero-order valence-corrected chi connectivity index (χ0v) is 14.1. The molecule has 0 radical (unpaired) electrons. The molecule has 0 saturated heterocycles. The Morgan fingerprint density at radius 3 is 3.16 bits per heavy atom. The molecule has 0 aromatic carbocycles. The molecule has 7 nitrogen and oxygen atoms in total. The van der Waals surface area contributed by atoms with Crippen LogP contribution in [0.15, 0.2) is 36.9 Å². The number of aromatic nitrogens is 4. The number of H-pyrrole nitrogens is 1. The van der Waals surface area contributed by atoms with Crippen LogP contribution >= 0.6 is 11.6 Å². The molecular formula is C17H18ClN5O2. The number of nitrogens with zero attached hydrogens (tertiary/aromatic N) is 3. The highest BCUT2D eigenvalue weighted by Crippen LogP contribution is 2.28. The van der Waals surface area contributed by atoms with Crippen molar-refractivity contribution in [3.05, 3.63) is 47.5 Å². The Hall–Kier alpha value is -2.38. The zero-order chi connectivity index (χ0) is 17.4. The van der Waals surface area contributed by atoms with Gasteiger partial charge in [0.2, 0.25) is 0 Å². The standard InChI is InChI=1S/C17H18ClN5O2/c18-11-6-21-23(9-11)8-10-4-14(15(24)5-10)22-17(25)13-7-20-16-12(13)2-1-3-19-16/h1-3,6-7,9-10,14-15,24H,4-5,8H2,(H,19,20)(H,22,25)/t10?,14-,15-/m1/s1. The average molecular weight is 360 g/mol. The van der Waals surface area contributed by atoms with Crippen molar-refractivity contribution >= 4 is 28.5 Å². The average Bonchev–Trinajstić information content (AvgIpc) is 3.27. The minimum absolute atomic E-state index is 0.203. The third-order valence-electron chi connectivity index (χ3n) is 4.69. The molecule has 3 atom stereocenters. The van der Waals surface area contributed by atoms with Crippen LogP contribution in [0.25, 0.3) is 11.0 Å². The quantitative estimate of drug-likeness (QED) is 0.663. The van der Waals surface area contributed by atoms with Crippen molar-refractivity contribution in [1.82, 2.24) is 25.1 Å². The number of nitrogens with one attached hydrogen (secondary N) is 2. The molecule has 1 aliphatic rings. The summed E-state index contributed by atoms with van der Waals surface area (Å²) in [5.41, 5.74) is 1.21. The summed E-state index contributed by atoms with van der Waals surface area (Å²) in [7, 11) is 0. The first-order chi connectivity index (χ1) is 12.1. The Morgan fingerprint density at radius 1 is 1.48 bits per heavy atom. The highest BCUT2D eigenvalue weighted by Gasteiger charge is 2.34. The number of pyridine rings is 1. The van der Waals surface area contributed by atoms with Crippen LogP contribution in [0.3, 0.4) is 0 Å². The van der Waals surface area contributed by atoms with Gasteiger partial charge in [0.05, 0.1) is 28.9 Å². The minimum Gasteiger partial charge on any atom is -0.391 e. The minimum atomic E-state index is -0.566. The summed E-state index contributed by atoms with van der Waals surface area (Å²) in [5.74, 6) is 0.0342. The van der Waals surface area contributed by atoms with Gasteiger partial charge in [0.25, 0.3) is 5.91 Å². The molecule has 1 unspecified atom stereocenters. The molecule has 1 aliphatic carbocycles. The van der Waals surface area contributed by atoms with Gasteiger partial charge in [-0.2, -0.15) is 5.10 Å². The van der Waals surface area contributed by atoms with Crippen LogP contribution in [-0.4, -0.2) is 42.9 Å². The SMILES string of the molecule is O=C(N[C@@H]1CC(Cn2cc(Cl)cn2)C[C@H]1O)c1c[nH]c2ncccc12. The summed E-state index contributed by atoms with van der Waals surface area (Å²) in [4.78, 5) is 19.8. The fraction of sp³-hybridized carbons (Fsp3) is 0.353. The van der Waals surface area contributed by atoms with Crippen molar-refractivity contribution in [2.24, 2.45) is 5.92 Å². The van der Waals surface area contributed by atoms with E-state index in [1.54, 1.807) is 35.5 Å². The fourth-order valence-corrected chi connectivity index (χ4v) is 3.67. The zero-order valence-electron chi connectivity index (χ0n) is 13.4. The first-order valence-corrected chi connectivity index (χ1v) is 8.57. The molecule has 3 heterocycles. The summed E-state index contributed by atoms with van der Waals surface area (Å²) < 4.78 is 1.77. The van der Waals surface area contributed by atoms with E-state index in [9.17, 15) is 9.90 Å². The Kier molecular flexibility index (Phi) is 4.19. The Bertz CT molecular complexity index is 905. The molecule has 4 rings (SSSR count). The number of halogens is 1. The number of aliphatic hydroxyl groups excluding tert-OH is 1. The maximum absolute atomic E-state index is 12.6. The highest BCUT2D eigenvalue weighted by atomic mass is 35.5. The van der Waals surface area contributed by atoms with Crippen LogP contribution in [0.1, 0.15) is 23.2 Å². The number of hydrogen-bond acceptors (Lipinski definition) is 4. The van der Waals surface area contributed by atoms with E-state index >= 15 is 0 Å². The number of hydrogen-bond donors (Lipinski definition) is 3. The fourth-order valence-electron chi connectivity index (χ4n) is 3.52. The largest absolute Gasteiger partial charge is 0.391 e. The molecule has 3 N–H and O–H groups in total. The number of fused-ring (bicyclic) bond motifs is 1. The molecular weight excluding hydrogens is 342 g/mol. The first kappa shape index (κ1) is 16.1. The van der Waals surface area contributed by atoms with E-state index in [0.717, 1.165) is 5.39 Å².